The van der Waals surface area contributed by atoms with Gasteiger partial charge in [-0.05, 0) is 43.3 Å². The van der Waals surface area contributed by atoms with E-state index in [2.05, 4.69) is 5.32 Å². The average molecular weight is 357 g/mol. The summed E-state index contributed by atoms with van der Waals surface area (Å²) in [6.07, 6.45) is 1.13. The van der Waals surface area contributed by atoms with Crippen molar-refractivity contribution in [3.05, 3.63) is 59.7 Å². The molecule has 1 N–H and O–H groups in total. The smallest absolute Gasteiger partial charge is 0.232 e. The number of hydrogen-bond acceptors (Lipinski definition) is 4. The van der Waals surface area contributed by atoms with Crippen molar-refractivity contribution in [1.82, 2.24) is 0 Å². The van der Waals surface area contributed by atoms with Crippen molar-refractivity contribution >= 4 is 27.3 Å². The molecule has 2 aromatic carbocycles. The molecular formula is C18H19N3O3S. The Morgan fingerprint density at radius 1 is 1.12 bits per heavy atom. The fraction of sp³-hybridized carbons (Fsp3) is 0.222. The molecule has 0 aromatic heterocycles. The zero-order chi connectivity index (χ0) is 18.4. The third kappa shape index (κ3) is 5.33. The molecule has 0 atom stereocenters. The number of nitrogens with one attached hydrogen (secondary N) is 1. The number of benzene rings is 2. The van der Waals surface area contributed by atoms with Gasteiger partial charge in [0.1, 0.15) is 0 Å². The van der Waals surface area contributed by atoms with Gasteiger partial charge in [-0.25, -0.2) is 8.42 Å². The number of carbonyl (C=O) groups is 1. The Labute approximate surface area is 147 Å². The van der Waals surface area contributed by atoms with Gasteiger partial charge in [0.2, 0.25) is 15.9 Å². The van der Waals surface area contributed by atoms with Gasteiger partial charge in [0.05, 0.1) is 23.6 Å². The van der Waals surface area contributed by atoms with Crippen LogP contribution >= 0.6 is 0 Å². The Balaban J connectivity index is 2.03. The highest BCUT2D eigenvalue weighted by molar-refractivity contribution is 7.92. The van der Waals surface area contributed by atoms with Gasteiger partial charge in [0.25, 0.3) is 0 Å². The lowest BCUT2D eigenvalue weighted by atomic mass is 10.2. The van der Waals surface area contributed by atoms with Crippen LogP contribution in [0.2, 0.25) is 0 Å². The first-order valence-corrected chi connectivity index (χ1v) is 9.49. The summed E-state index contributed by atoms with van der Waals surface area (Å²) in [5.74, 6) is -0.300. The third-order valence-corrected chi connectivity index (χ3v) is 4.76. The lowest BCUT2D eigenvalue weighted by Crippen LogP contribution is -2.33. The van der Waals surface area contributed by atoms with Crippen LogP contribution in [0.1, 0.15) is 17.5 Å². The zero-order valence-electron chi connectivity index (χ0n) is 14.1. The molecule has 25 heavy (non-hydrogen) atoms. The number of nitriles is 1. The third-order valence-electron chi connectivity index (χ3n) is 3.56. The minimum Gasteiger partial charge on any atom is -0.326 e. The van der Waals surface area contributed by atoms with Crippen molar-refractivity contribution in [3.63, 3.8) is 0 Å². The van der Waals surface area contributed by atoms with Crippen molar-refractivity contribution in [1.29, 1.82) is 5.26 Å². The molecule has 0 radical (unpaired) electrons. The molecule has 0 unspecified atom stereocenters. The summed E-state index contributed by atoms with van der Waals surface area (Å²) in [5, 5.41) is 11.4. The first kappa shape index (κ1) is 18.5. The molecule has 0 saturated heterocycles. The van der Waals surface area contributed by atoms with Crippen LogP contribution in [0.5, 0.6) is 0 Å². The second-order valence-electron chi connectivity index (χ2n) is 5.66. The largest absolute Gasteiger partial charge is 0.326 e. The van der Waals surface area contributed by atoms with Gasteiger partial charge in [0, 0.05) is 18.7 Å². The van der Waals surface area contributed by atoms with E-state index in [-0.39, 0.29) is 18.9 Å². The molecule has 2 aromatic rings. The molecule has 0 aliphatic heterocycles. The Bertz CT molecular complexity index is 883. The van der Waals surface area contributed by atoms with Crippen LogP contribution in [-0.2, 0) is 14.8 Å². The van der Waals surface area contributed by atoms with Crippen LogP contribution < -0.4 is 9.62 Å². The first-order chi connectivity index (χ1) is 11.8. The van der Waals surface area contributed by atoms with Crippen molar-refractivity contribution in [2.24, 2.45) is 0 Å². The number of nitrogens with zero attached hydrogens (tertiary/aromatic N) is 2. The van der Waals surface area contributed by atoms with Gasteiger partial charge in [-0.15, -0.1) is 0 Å². The van der Waals surface area contributed by atoms with Gasteiger partial charge < -0.3 is 5.32 Å². The van der Waals surface area contributed by atoms with Crippen LogP contribution in [0.4, 0.5) is 11.4 Å². The van der Waals surface area contributed by atoms with Crippen LogP contribution in [0.3, 0.4) is 0 Å². The molecule has 2 rings (SSSR count). The normalized spacial score (nSPS) is 10.8. The van der Waals surface area contributed by atoms with Crippen molar-refractivity contribution in [3.8, 4) is 6.07 Å². The van der Waals surface area contributed by atoms with Gasteiger partial charge in [0.15, 0.2) is 0 Å². The van der Waals surface area contributed by atoms with Crippen molar-refractivity contribution in [2.75, 3.05) is 22.4 Å². The average Bonchev–Trinajstić information content (AvgIpc) is 2.56. The minimum atomic E-state index is -3.49. The summed E-state index contributed by atoms with van der Waals surface area (Å²) < 4.78 is 25.3. The van der Waals surface area contributed by atoms with Crippen molar-refractivity contribution in [2.45, 2.75) is 13.3 Å². The Hall–Kier alpha value is -2.85. The van der Waals surface area contributed by atoms with Crippen molar-refractivity contribution < 1.29 is 13.2 Å². The SMILES string of the molecule is Cc1ccc(N(CCC(=O)Nc2ccc(C#N)cc2)S(C)(=O)=O)cc1. The van der Waals surface area contributed by atoms with Gasteiger partial charge >= 0.3 is 0 Å². The summed E-state index contributed by atoms with van der Waals surface area (Å²) in [6.45, 7) is 1.96. The predicted molar refractivity (Wildman–Crippen MR) is 97.8 cm³/mol. The molecule has 0 aliphatic carbocycles. The Kier molecular flexibility index (Phi) is 5.78. The Morgan fingerprint density at radius 3 is 2.24 bits per heavy atom. The van der Waals surface area contributed by atoms with E-state index in [0.29, 0.717) is 16.9 Å². The highest BCUT2D eigenvalue weighted by atomic mass is 32.2. The predicted octanol–water partition coefficient (Wildman–Crippen LogP) is 2.66. The molecule has 0 heterocycles. The van der Waals surface area contributed by atoms with E-state index in [4.69, 9.17) is 5.26 Å². The molecule has 6 nitrogen and oxygen atoms in total. The number of sulfonamides is 1. The summed E-state index contributed by atoms with van der Waals surface area (Å²) >= 11 is 0. The Morgan fingerprint density at radius 2 is 1.72 bits per heavy atom. The van der Waals surface area contributed by atoms with E-state index in [1.807, 2.05) is 25.1 Å². The summed E-state index contributed by atoms with van der Waals surface area (Å²) in [4.78, 5) is 12.1. The molecule has 0 saturated carbocycles. The number of anilines is 2. The van der Waals surface area contributed by atoms with Gasteiger partial charge in [-0.3, -0.25) is 9.10 Å². The standard InChI is InChI=1S/C18H19N3O3S/c1-14-3-9-17(10-4-14)21(25(2,23)24)12-11-18(22)20-16-7-5-15(13-19)6-8-16/h3-10H,11-12H2,1-2H3,(H,20,22). The monoisotopic (exact) mass is 357 g/mol. The van der Waals surface area contributed by atoms with Gasteiger partial charge in [-0.1, -0.05) is 17.7 Å². The number of carbonyl (C=O) groups excluding carboxylic acids is 1. The first-order valence-electron chi connectivity index (χ1n) is 7.64. The summed E-state index contributed by atoms with van der Waals surface area (Å²) in [5.41, 5.74) is 2.61. The summed E-state index contributed by atoms with van der Waals surface area (Å²) in [6, 6.07) is 15.5. The maximum absolute atomic E-state index is 12.1. The highest BCUT2D eigenvalue weighted by Gasteiger charge is 2.18. The van der Waals surface area contributed by atoms with E-state index in [0.717, 1.165) is 11.8 Å². The molecule has 130 valence electrons. The maximum atomic E-state index is 12.1. The van der Waals surface area contributed by atoms with Crippen LogP contribution in [0, 0.1) is 18.3 Å². The highest BCUT2D eigenvalue weighted by Crippen LogP contribution is 2.19. The van der Waals surface area contributed by atoms with E-state index >= 15 is 0 Å². The number of hydrogen-bond donors (Lipinski definition) is 1. The van der Waals surface area contributed by atoms with Gasteiger partial charge in [-0.2, -0.15) is 5.26 Å². The molecule has 0 fully saturated rings. The lowest BCUT2D eigenvalue weighted by Gasteiger charge is -2.22. The topological polar surface area (TPSA) is 90.3 Å². The molecule has 0 spiro atoms. The second-order valence-corrected chi connectivity index (χ2v) is 7.56. The van der Waals surface area contributed by atoms with Crippen LogP contribution in [0.15, 0.2) is 48.5 Å². The molecular weight excluding hydrogens is 338 g/mol. The minimum absolute atomic E-state index is 0.0148. The second kappa shape index (κ2) is 7.81. The fourth-order valence-electron chi connectivity index (χ4n) is 2.25. The molecule has 0 aliphatic rings. The number of rotatable bonds is 6. The van der Waals surface area contributed by atoms with E-state index in [9.17, 15) is 13.2 Å². The summed E-state index contributed by atoms with van der Waals surface area (Å²) in [7, 11) is -3.49. The fourth-order valence-corrected chi connectivity index (χ4v) is 3.18. The molecule has 1 amide bonds. The number of amides is 1. The van der Waals surface area contributed by atoms with E-state index < -0.39 is 10.0 Å². The molecule has 7 heteroatoms. The van der Waals surface area contributed by atoms with Crippen LogP contribution in [-0.4, -0.2) is 27.1 Å². The van der Waals surface area contributed by atoms with Crippen LogP contribution in [0.25, 0.3) is 0 Å². The zero-order valence-corrected chi connectivity index (χ0v) is 14.9. The van der Waals surface area contributed by atoms with E-state index in [1.165, 1.54) is 4.31 Å². The van der Waals surface area contributed by atoms with E-state index in [1.54, 1.807) is 36.4 Å². The lowest BCUT2D eigenvalue weighted by molar-refractivity contribution is -0.116. The molecule has 0 bridgehead atoms. The number of aryl methyl sites for hydroxylation is 1. The maximum Gasteiger partial charge on any atom is 0.232 e. The quantitative estimate of drug-likeness (QED) is 0.860.